The van der Waals surface area contributed by atoms with Gasteiger partial charge in [-0.2, -0.15) is 0 Å². The lowest BCUT2D eigenvalue weighted by Gasteiger charge is -2.13. The normalized spacial score (nSPS) is 11.6. The third-order valence-corrected chi connectivity index (χ3v) is 4.90. The monoisotopic (exact) mass is 479 g/mol. The molecule has 0 saturated heterocycles. The van der Waals surface area contributed by atoms with Gasteiger partial charge in [0.1, 0.15) is 28.8 Å². The molecule has 5 nitrogen and oxygen atoms in total. The Bertz CT molecular complexity index is 1460. The molecule has 0 aliphatic carbocycles. The number of carboxylic acid groups (broad SMARTS) is 1. The fourth-order valence-electron chi connectivity index (χ4n) is 3.52. The molecule has 0 saturated carbocycles. The van der Waals surface area contributed by atoms with Crippen LogP contribution < -0.4 is 4.74 Å². The SMILES string of the molecule is O=C(O)c1ccc(-n2cc(C(=O)c3c(F)cccc3OC(F)(F)F)c3cccc(F)c32)c(F)c1. The Morgan fingerprint density at radius 1 is 0.882 bits per heavy atom. The number of carbonyl (C=O) groups is 2. The zero-order valence-corrected chi connectivity index (χ0v) is 16.7. The maximum absolute atomic E-state index is 14.7. The Hall–Kier alpha value is -4.28. The molecule has 0 aliphatic rings. The van der Waals surface area contributed by atoms with E-state index in [1.807, 2.05) is 0 Å². The first-order chi connectivity index (χ1) is 16.0. The number of para-hydroxylation sites is 1. The van der Waals surface area contributed by atoms with Crippen molar-refractivity contribution in [1.82, 2.24) is 4.57 Å². The van der Waals surface area contributed by atoms with Gasteiger partial charge in [-0.3, -0.25) is 4.79 Å². The van der Waals surface area contributed by atoms with Crippen molar-refractivity contribution < 1.29 is 45.8 Å². The number of halogens is 6. The highest BCUT2D eigenvalue weighted by Gasteiger charge is 2.34. The first-order valence-corrected chi connectivity index (χ1v) is 9.39. The third-order valence-electron chi connectivity index (χ3n) is 4.90. The molecule has 0 spiro atoms. The molecule has 0 atom stereocenters. The average molecular weight is 479 g/mol. The smallest absolute Gasteiger partial charge is 0.478 e. The van der Waals surface area contributed by atoms with Gasteiger partial charge in [0.25, 0.3) is 0 Å². The molecule has 1 heterocycles. The van der Waals surface area contributed by atoms with Crippen molar-refractivity contribution in [3.63, 3.8) is 0 Å². The molecule has 0 bridgehead atoms. The van der Waals surface area contributed by atoms with Crippen molar-refractivity contribution in [2.75, 3.05) is 0 Å². The molecule has 0 unspecified atom stereocenters. The van der Waals surface area contributed by atoms with Crippen LogP contribution in [0.1, 0.15) is 26.3 Å². The number of benzene rings is 3. The van der Waals surface area contributed by atoms with Gasteiger partial charge in [0.2, 0.25) is 5.78 Å². The Morgan fingerprint density at radius 2 is 1.56 bits per heavy atom. The topological polar surface area (TPSA) is 68.5 Å². The second kappa shape index (κ2) is 8.25. The van der Waals surface area contributed by atoms with Gasteiger partial charge < -0.3 is 14.4 Å². The van der Waals surface area contributed by atoms with Crippen molar-refractivity contribution in [3.05, 3.63) is 94.9 Å². The van der Waals surface area contributed by atoms with Crippen LogP contribution in [-0.4, -0.2) is 27.8 Å². The first-order valence-electron chi connectivity index (χ1n) is 9.39. The van der Waals surface area contributed by atoms with E-state index in [1.54, 1.807) is 0 Å². The van der Waals surface area contributed by atoms with Gasteiger partial charge >= 0.3 is 12.3 Å². The lowest BCUT2D eigenvalue weighted by molar-refractivity contribution is -0.274. The molecule has 4 aromatic rings. The summed E-state index contributed by atoms with van der Waals surface area (Å²) in [4.78, 5) is 24.3. The predicted molar refractivity (Wildman–Crippen MR) is 107 cm³/mol. The van der Waals surface area contributed by atoms with Crippen LogP contribution in [0.15, 0.2) is 60.8 Å². The molecular weight excluding hydrogens is 468 g/mol. The van der Waals surface area contributed by atoms with E-state index in [0.717, 1.165) is 47.2 Å². The Balaban J connectivity index is 1.95. The van der Waals surface area contributed by atoms with Crippen LogP contribution >= 0.6 is 0 Å². The number of ether oxygens (including phenoxy) is 1. The summed E-state index contributed by atoms with van der Waals surface area (Å²) in [6, 6.07) is 8.61. The molecular formula is C23H11F6NO4. The van der Waals surface area contributed by atoms with E-state index in [1.165, 1.54) is 12.1 Å². The molecule has 1 aromatic heterocycles. The van der Waals surface area contributed by atoms with Crippen molar-refractivity contribution >= 4 is 22.7 Å². The highest BCUT2D eigenvalue weighted by molar-refractivity contribution is 6.18. The number of hydrogen-bond donors (Lipinski definition) is 1. The van der Waals surface area contributed by atoms with Crippen LogP contribution in [-0.2, 0) is 0 Å². The summed E-state index contributed by atoms with van der Waals surface area (Å²) in [5.74, 6) is -7.10. The minimum Gasteiger partial charge on any atom is -0.478 e. The summed E-state index contributed by atoms with van der Waals surface area (Å²) < 4.78 is 87.0. The summed E-state index contributed by atoms with van der Waals surface area (Å²) in [5.41, 5.74) is -2.56. The summed E-state index contributed by atoms with van der Waals surface area (Å²) in [6.45, 7) is 0. The van der Waals surface area contributed by atoms with Gasteiger partial charge in [-0.15, -0.1) is 13.2 Å². The van der Waals surface area contributed by atoms with E-state index in [2.05, 4.69) is 4.74 Å². The van der Waals surface area contributed by atoms with Gasteiger partial charge in [-0.05, 0) is 36.4 Å². The van der Waals surface area contributed by atoms with Crippen LogP contribution in [0.2, 0.25) is 0 Å². The maximum Gasteiger partial charge on any atom is 0.573 e. The molecule has 0 aliphatic heterocycles. The molecule has 1 N–H and O–H groups in total. The Kier molecular flexibility index (Phi) is 5.56. The fraction of sp³-hybridized carbons (Fsp3) is 0.0435. The number of alkyl halides is 3. The number of aromatic carboxylic acids is 1. The van der Waals surface area contributed by atoms with E-state index in [9.17, 15) is 35.9 Å². The van der Waals surface area contributed by atoms with Gasteiger partial charge in [0, 0.05) is 17.1 Å². The minimum atomic E-state index is -5.22. The lowest BCUT2D eigenvalue weighted by Crippen LogP contribution is -2.20. The van der Waals surface area contributed by atoms with Crippen LogP contribution in [0.4, 0.5) is 26.3 Å². The quantitative estimate of drug-likeness (QED) is 0.287. The molecule has 174 valence electrons. The van der Waals surface area contributed by atoms with E-state index in [4.69, 9.17) is 5.11 Å². The maximum atomic E-state index is 14.7. The largest absolute Gasteiger partial charge is 0.573 e. The Labute approximate surface area is 186 Å². The molecule has 0 fully saturated rings. The third kappa shape index (κ3) is 4.07. The second-order valence-corrected chi connectivity index (χ2v) is 7.01. The molecule has 34 heavy (non-hydrogen) atoms. The van der Waals surface area contributed by atoms with Crippen molar-refractivity contribution in [1.29, 1.82) is 0 Å². The van der Waals surface area contributed by atoms with E-state index >= 15 is 0 Å². The molecule has 11 heteroatoms. The fourth-order valence-corrected chi connectivity index (χ4v) is 3.52. The zero-order valence-electron chi connectivity index (χ0n) is 16.7. The van der Waals surface area contributed by atoms with E-state index in [0.29, 0.717) is 6.07 Å². The number of carboxylic acids is 1. The van der Waals surface area contributed by atoms with Gasteiger partial charge in [-0.1, -0.05) is 18.2 Å². The second-order valence-electron chi connectivity index (χ2n) is 7.01. The van der Waals surface area contributed by atoms with Crippen molar-refractivity contribution in [2.45, 2.75) is 6.36 Å². The van der Waals surface area contributed by atoms with E-state index in [-0.39, 0.29) is 16.6 Å². The lowest BCUT2D eigenvalue weighted by atomic mass is 10.0. The summed E-state index contributed by atoms with van der Waals surface area (Å²) >= 11 is 0. The number of aromatic nitrogens is 1. The number of hydrogen-bond acceptors (Lipinski definition) is 3. The van der Waals surface area contributed by atoms with Crippen LogP contribution in [0.5, 0.6) is 5.75 Å². The van der Waals surface area contributed by atoms with Crippen LogP contribution in [0.25, 0.3) is 16.6 Å². The highest BCUT2D eigenvalue weighted by Crippen LogP contribution is 2.34. The number of carbonyl (C=O) groups excluding carboxylic acids is 1. The van der Waals surface area contributed by atoms with Crippen molar-refractivity contribution in [3.8, 4) is 11.4 Å². The number of fused-ring (bicyclic) bond motifs is 1. The average Bonchev–Trinajstić information content (AvgIpc) is 3.13. The summed E-state index contributed by atoms with van der Waals surface area (Å²) in [5, 5.41) is 8.87. The standard InChI is InChI=1S/C23H11F6NO4/c24-14-4-2-6-18(34-23(27,28)29)19(14)21(31)13-10-30(20-12(13)3-1-5-15(20)25)17-8-7-11(22(32)33)9-16(17)26/h1-10H,(H,32,33). The minimum absolute atomic E-state index is 0.145. The summed E-state index contributed by atoms with van der Waals surface area (Å²) in [7, 11) is 0. The number of ketones is 1. The first kappa shape index (κ1) is 22.9. The predicted octanol–water partition coefficient (Wildman–Crippen LogP) is 5.88. The van der Waals surface area contributed by atoms with Crippen LogP contribution in [0.3, 0.4) is 0 Å². The zero-order chi connectivity index (χ0) is 24.8. The van der Waals surface area contributed by atoms with Crippen LogP contribution in [0, 0.1) is 17.5 Å². The van der Waals surface area contributed by atoms with Gasteiger partial charge in [-0.25, -0.2) is 18.0 Å². The summed E-state index contributed by atoms with van der Waals surface area (Å²) in [6.07, 6.45) is -4.29. The molecule has 3 aromatic carbocycles. The number of nitrogens with zero attached hydrogens (tertiary/aromatic N) is 1. The molecule has 4 rings (SSSR count). The number of rotatable bonds is 5. The highest BCUT2D eigenvalue weighted by atomic mass is 19.4. The van der Waals surface area contributed by atoms with Gasteiger partial charge in [0.05, 0.1) is 16.8 Å². The van der Waals surface area contributed by atoms with Gasteiger partial charge in [0.15, 0.2) is 0 Å². The molecule has 0 radical (unpaired) electrons. The van der Waals surface area contributed by atoms with Crippen molar-refractivity contribution in [2.24, 2.45) is 0 Å². The Morgan fingerprint density at radius 3 is 2.21 bits per heavy atom. The van der Waals surface area contributed by atoms with E-state index < -0.39 is 58.0 Å². The molecule has 0 amide bonds.